The summed E-state index contributed by atoms with van der Waals surface area (Å²) in [6, 6.07) is 24.1. The van der Waals surface area contributed by atoms with Crippen LogP contribution in [-0.2, 0) is 29.3 Å². The Morgan fingerprint density at radius 2 is 1.49 bits per heavy atom. The molecule has 6 heteroatoms. The zero-order chi connectivity index (χ0) is 25.0. The zero-order valence-corrected chi connectivity index (χ0v) is 20.6. The van der Waals surface area contributed by atoms with Crippen molar-refractivity contribution in [2.75, 3.05) is 6.61 Å². The maximum atomic E-state index is 13.0. The number of ether oxygens (including phenoxy) is 2. The fourth-order valence-electron chi connectivity index (χ4n) is 3.64. The Hall–Kier alpha value is -3.64. The van der Waals surface area contributed by atoms with Crippen LogP contribution in [0.25, 0.3) is 0 Å². The number of benzene rings is 3. The van der Waals surface area contributed by atoms with E-state index in [9.17, 15) is 9.59 Å². The maximum absolute atomic E-state index is 13.0. The predicted molar refractivity (Wildman–Crippen MR) is 137 cm³/mol. The van der Waals surface area contributed by atoms with Gasteiger partial charge in [-0.2, -0.15) is 0 Å². The summed E-state index contributed by atoms with van der Waals surface area (Å²) >= 11 is 0. The lowest BCUT2D eigenvalue weighted by atomic mass is 10.0. The topological polar surface area (TPSA) is 76.7 Å². The van der Waals surface area contributed by atoms with Gasteiger partial charge in [0.2, 0.25) is 5.91 Å². The third kappa shape index (κ3) is 7.97. The predicted octanol–water partition coefficient (Wildman–Crippen LogP) is 4.87. The van der Waals surface area contributed by atoms with E-state index in [2.05, 4.69) is 10.6 Å². The summed E-state index contributed by atoms with van der Waals surface area (Å²) in [6.45, 7) is 7.61. The molecule has 0 fully saturated rings. The number of amides is 2. The smallest absolute Gasteiger partial charge is 0.251 e. The van der Waals surface area contributed by atoms with Gasteiger partial charge in [0.1, 0.15) is 11.8 Å². The van der Waals surface area contributed by atoms with E-state index in [4.69, 9.17) is 9.47 Å². The molecule has 184 valence electrons. The van der Waals surface area contributed by atoms with Crippen LogP contribution in [-0.4, -0.2) is 24.5 Å². The molecule has 0 aliphatic heterocycles. The fourth-order valence-corrected chi connectivity index (χ4v) is 3.64. The maximum Gasteiger partial charge on any atom is 0.251 e. The third-order valence-electron chi connectivity index (χ3n) is 5.60. The largest absolute Gasteiger partial charge is 0.494 e. The molecule has 2 amide bonds. The van der Waals surface area contributed by atoms with E-state index >= 15 is 0 Å². The molecule has 0 radical (unpaired) electrons. The Bertz CT molecular complexity index is 1080. The van der Waals surface area contributed by atoms with Crippen LogP contribution in [0.15, 0.2) is 78.9 Å². The quantitative estimate of drug-likeness (QED) is 0.393. The van der Waals surface area contributed by atoms with E-state index < -0.39 is 6.04 Å². The molecule has 0 aliphatic carbocycles. The average molecular weight is 475 g/mol. The van der Waals surface area contributed by atoms with Crippen LogP contribution in [0.2, 0.25) is 0 Å². The van der Waals surface area contributed by atoms with Gasteiger partial charge in [-0.15, -0.1) is 0 Å². The van der Waals surface area contributed by atoms with Crippen molar-refractivity contribution < 1.29 is 19.1 Å². The second-order valence-corrected chi connectivity index (χ2v) is 8.62. The summed E-state index contributed by atoms with van der Waals surface area (Å²) in [5.74, 6) is 0.107. The van der Waals surface area contributed by atoms with Gasteiger partial charge in [-0.05, 0) is 53.8 Å². The van der Waals surface area contributed by atoms with Gasteiger partial charge >= 0.3 is 0 Å². The molecule has 35 heavy (non-hydrogen) atoms. The molecule has 6 nitrogen and oxygen atoms in total. The minimum absolute atomic E-state index is 0.0777. The zero-order valence-electron chi connectivity index (χ0n) is 20.6. The molecule has 0 saturated heterocycles. The number of hydrogen-bond donors (Lipinski definition) is 2. The number of carbonyl (C=O) groups is 2. The SMILES string of the molecule is CCOc1ccc(C(=O)NC(C(=O)NCc2ccccc2COCc2ccccc2)C(C)C)cc1. The van der Waals surface area contributed by atoms with Crippen LogP contribution in [0.4, 0.5) is 0 Å². The van der Waals surface area contributed by atoms with Crippen molar-refractivity contribution in [1.29, 1.82) is 0 Å². The van der Waals surface area contributed by atoms with Crippen LogP contribution in [0, 0.1) is 5.92 Å². The van der Waals surface area contributed by atoms with Crippen molar-refractivity contribution in [2.24, 2.45) is 5.92 Å². The van der Waals surface area contributed by atoms with Crippen molar-refractivity contribution in [3.63, 3.8) is 0 Å². The van der Waals surface area contributed by atoms with Gasteiger partial charge in [-0.3, -0.25) is 9.59 Å². The third-order valence-corrected chi connectivity index (χ3v) is 5.60. The first-order valence-corrected chi connectivity index (χ1v) is 12.0. The second kappa shape index (κ2) is 13.3. The molecule has 2 N–H and O–H groups in total. The molecule has 0 spiro atoms. The second-order valence-electron chi connectivity index (χ2n) is 8.62. The monoisotopic (exact) mass is 474 g/mol. The van der Waals surface area contributed by atoms with E-state index in [0.29, 0.717) is 37.7 Å². The van der Waals surface area contributed by atoms with Gasteiger partial charge in [-0.25, -0.2) is 0 Å². The average Bonchev–Trinajstić information content (AvgIpc) is 2.87. The molecule has 3 aromatic carbocycles. The summed E-state index contributed by atoms with van der Waals surface area (Å²) in [6.07, 6.45) is 0. The number of rotatable bonds is 12. The molecule has 0 aromatic heterocycles. The van der Waals surface area contributed by atoms with E-state index in [1.807, 2.05) is 75.4 Å². The van der Waals surface area contributed by atoms with Crippen molar-refractivity contribution in [3.8, 4) is 5.75 Å². The number of nitrogens with one attached hydrogen (secondary N) is 2. The Labute approximate surface area is 207 Å². The summed E-state index contributed by atoms with van der Waals surface area (Å²) in [7, 11) is 0. The molecule has 3 rings (SSSR count). The van der Waals surface area contributed by atoms with E-state index in [0.717, 1.165) is 16.7 Å². The Morgan fingerprint density at radius 1 is 0.829 bits per heavy atom. The Kier molecular flexibility index (Phi) is 9.87. The molecule has 3 aromatic rings. The first kappa shape index (κ1) is 26.0. The standard InChI is InChI=1S/C29H34N2O4/c1-4-35-26-16-14-23(15-17-26)28(32)31-27(21(2)3)29(33)30-18-24-12-8-9-13-25(24)20-34-19-22-10-6-5-7-11-22/h5-17,21,27H,4,18-20H2,1-3H3,(H,30,33)(H,31,32). The van der Waals surface area contributed by atoms with Crippen LogP contribution in [0.3, 0.4) is 0 Å². The normalized spacial score (nSPS) is 11.7. The van der Waals surface area contributed by atoms with Crippen LogP contribution in [0.5, 0.6) is 5.75 Å². The lowest BCUT2D eigenvalue weighted by Gasteiger charge is -2.22. The molecule has 1 atom stereocenters. The van der Waals surface area contributed by atoms with Gasteiger partial charge in [0.15, 0.2) is 0 Å². The Balaban J connectivity index is 1.56. The van der Waals surface area contributed by atoms with E-state index in [1.54, 1.807) is 24.3 Å². The highest BCUT2D eigenvalue weighted by Crippen LogP contribution is 2.14. The van der Waals surface area contributed by atoms with Gasteiger partial charge in [0, 0.05) is 12.1 Å². The Morgan fingerprint density at radius 3 is 2.14 bits per heavy atom. The summed E-state index contributed by atoms with van der Waals surface area (Å²) in [5.41, 5.74) is 3.59. The van der Waals surface area contributed by atoms with Gasteiger partial charge in [0.05, 0.1) is 19.8 Å². The van der Waals surface area contributed by atoms with Crippen LogP contribution >= 0.6 is 0 Å². The van der Waals surface area contributed by atoms with E-state index in [-0.39, 0.29) is 17.7 Å². The van der Waals surface area contributed by atoms with Crippen molar-refractivity contribution in [1.82, 2.24) is 10.6 Å². The molecular formula is C29H34N2O4. The van der Waals surface area contributed by atoms with Gasteiger partial charge < -0.3 is 20.1 Å². The fraction of sp³-hybridized carbons (Fsp3) is 0.310. The van der Waals surface area contributed by atoms with Crippen LogP contribution in [0.1, 0.15) is 47.8 Å². The minimum Gasteiger partial charge on any atom is -0.494 e. The van der Waals surface area contributed by atoms with E-state index in [1.165, 1.54) is 0 Å². The number of carbonyl (C=O) groups excluding carboxylic acids is 2. The highest BCUT2D eigenvalue weighted by Gasteiger charge is 2.24. The molecule has 0 aliphatic rings. The minimum atomic E-state index is -0.657. The summed E-state index contributed by atoms with van der Waals surface area (Å²) < 4.78 is 11.3. The molecule has 0 saturated carbocycles. The number of hydrogen-bond acceptors (Lipinski definition) is 4. The first-order valence-electron chi connectivity index (χ1n) is 12.0. The lowest BCUT2D eigenvalue weighted by molar-refractivity contribution is -0.124. The molecular weight excluding hydrogens is 440 g/mol. The van der Waals surface area contributed by atoms with Crippen molar-refractivity contribution in [2.45, 2.75) is 46.6 Å². The first-order chi connectivity index (χ1) is 17.0. The van der Waals surface area contributed by atoms with Gasteiger partial charge in [0.25, 0.3) is 5.91 Å². The summed E-state index contributed by atoms with van der Waals surface area (Å²) in [4.78, 5) is 25.7. The van der Waals surface area contributed by atoms with Crippen molar-refractivity contribution >= 4 is 11.8 Å². The lowest BCUT2D eigenvalue weighted by Crippen LogP contribution is -2.49. The summed E-state index contributed by atoms with van der Waals surface area (Å²) in [5, 5.41) is 5.85. The van der Waals surface area contributed by atoms with Gasteiger partial charge in [-0.1, -0.05) is 68.4 Å². The molecule has 0 heterocycles. The highest BCUT2D eigenvalue weighted by molar-refractivity contribution is 5.97. The molecule has 1 unspecified atom stereocenters. The van der Waals surface area contributed by atoms with Crippen molar-refractivity contribution in [3.05, 3.63) is 101 Å². The van der Waals surface area contributed by atoms with Crippen LogP contribution < -0.4 is 15.4 Å². The molecule has 0 bridgehead atoms. The highest BCUT2D eigenvalue weighted by atomic mass is 16.5.